The Morgan fingerprint density at radius 1 is 1.17 bits per heavy atom. The number of rotatable bonds is 6. The van der Waals surface area contributed by atoms with Crippen molar-refractivity contribution in [3.63, 3.8) is 0 Å². The summed E-state index contributed by atoms with van der Waals surface area (Å²) in [6.07, 6.45) is 3.04. The first kappa shape index (κ1) is 23.4. The second kappa shape index (κ2) is 10.9. The van der Waals surface area contributed by atoms with Crippen LogP contribution >= 0.6 is 24.0 Å². The summed E-state index contributed by atoms with van der Waals surface area (Å²) in [6, 6.07) is 6.33. The molecule has 1 atom stereocenters. The molecule has 4 rings (SSSR count). The molecule has 2 fully saturated rings. The van der Waals surface area contributed by atoms with E-state index in [1.54, 1.807) is 0 Å². The molecule has 3 heterocycles. The molecule has 0 amide bonds. The van der Waals surface area contributed by atoms with E-state index >= 15 is 0 Å². The van der Waals surface area contributed by atoms with E-state index in [9.17, 15) is 0 Å². The van der Waals surface area contributed by atoms with Gasteiger partial charge in [0.25, 0.3) is 0 Å². The van der Waals surface area contributed by atoms with E-state index in [0.29, 0.717) is 12.7 Å². The maximum atomic E-state index is 5.68. The van der Waals surface area contributed by atoms with Gasteiger partial charge in [0.2, 0.25) is 6.79 Å². The lowest BCUT2D eigenvalue weighted by Crippen LogP contribution is -2.43. The number of fused-ring (bicyclic) bond motifs is 1. The first-order valence-electron chi connectivity index (χ1n) is 10.8. The Morgan fingerprint density at radius 3 is 2.70 bits per heavy atom. The highest BCUT2D eigenvalue weighted by Crippen LogP contribution is 2.41. The zero-order chi connectivity index (χ0) is 20.1. The topological polar surface area (TPSA) is 64.6 Å². The van der Waals surface area contributed by atoms with E-state index in [4.69, 9.17) is 23.9 Å². The van der Waals surface area contributed by atoms with Gasteiger partial charge in [-0.05, 0) is 43.9 Å². The molecule has 0 radical (unpaired) electrons. The normalized spacial score (nSPS) is 22.5. The lowest BCUT2D eigenvalue weighted by atomic mass is 9.74. The Labute approximate surface area is 196 Å². The first-order valence-corrected chi connectivity index (χ1v) is 10.8. The third kappa shape index (κ3) is 5.31. The molecule has 0 spiro atoms. The van der Waals surface area contributed by atoms with E-state index < -0.39 is 0 Å². The van der Waals surface area contributed by atoms with Crippen molar-refractivity contribution in [2.24, 2.45) is 10.9 Å². The minimum Gasteiger partial charge on any atom is -0.454 e. The minimum atomic E-state index is -0.0444. The Balaban J connectivity index is 0.00000256. The van der Waals surface area contributed by atoms with Crippen molar-refractivity contribution in [1.82, 2.24) is 10.2 Å². The van der Waals surface area contributed by atoms with Gasteiger partial charge in [-0.1, -0.05) is 6.07 Å². The van der Waals surface area contributed by atoms with Crippen LogP contribution in [-0.4, -0.2) is 70.8 Å². The predicted octanol–water partition coefficient (Wildman–Crippen LogP) is 3.02. The van der Waals surface area contributed by atoms with Crippen LogP contribution in [0.5, 0.6) is 11.5 Å². The summed E-state index contributed by atoms with van der Waals surface area (Å²) in [5, 5.41) is 3.47. The van der Waals surface area contributed by atoms with Crippen LogP contribution in [0.2, 0.25) is 0 Å². The maximum absolute atomic E-state index is 5.68. The van der Waals surface area contributed by atoms with Gasteiger partial charge in [0.05, 0.1) is 13.2 Å². The van der Waals surface area contributed by atoms with Gasteiger partial charge in [-0.3, -0.25) is 4.99 Å². The molecule has 0 bridgehead atoms. The Hall–Kier alpha value is -1.26. The van der Waals surface area contributed by atoms with Gasteiger partial charge < -0.3 is 29.2 Å². The molecule has 1 aromatic carbocycles. The monoisotopic (exact) mass is 531 g/mol. The molecule has 0 aromatic heterocycles. The largest absolute Gasteiger partial charge is 0.454 e. The van der Waals surface area contributed by atoms with E-state index in [1.807, 2.05) is 6.07 Å². The van der Waals surface area contributed by atoms with Gasteiger partial charge in [-0.15, -0.1) is 24.0 Å². The first-order chi connectivity index (χ1) is 14.2. The number of ether oxygens (including phenoxy) is 4. The molecule has 1 aromatic rings. The lowest BCUT2D eigenvalue weighted by Gasteiger charge is -2.37. The standard InChI is InChI=1S/C22H33N3O4.HI/c1-3-23-21(25(2)13-17-6-9-27-14-17)24-15-22(7-10-26-11-8-22)18-4-5-19-20(12-18)29-16-28-19;/h4-5,12,17H,3,6-11,13-16H2,1-2H3,(H,23,24);1H. The van der Waals surface area contributed by atoms with E-state index in [2.05, 4.69) is 36.3 Å². The highest BCUT2D eigenvalue weighted by Gasteiger charge is 2.36. The summed E-state index contributed by atoms with van der Waals surface area (Å²) < 4.78 is 22.4. The predicted molar refractivity (Wildman–Crippen MR) is 127 cm³/mol. The number of nitrogens with one attached hydrogen (secondary N) is 1. The molecule has 8 heteroatoms. The fraction of sp³-hybridized carbons (Fsp3) is 0.682. The van der Waals surface area contributed by atoms with Gasteiger partial charge in [0.1, 0.15) is 0 Å². The van der Waals surface area contributed by atoms with Crippen molar-refractivity contribution in [1.29, 1.82) is 0 Å². The van der Waals surface area contributed by atoms with Crippen LogP contribution in [0, 0.1) is 5.92 Å². The van der Waals surface area contributed by atoms with Gasteiger partial charge >= 0.3 is 0 Å². The fourth-order valence-corrected chi connectivity index (χ4v) is 4.42. The second-order valence-corrected chi connectivity index (χ2v) is 8.24. The molecular formula is C22H34IN3O4. The maximum Gasteiger partial charge on any atom is 0.231 e. The highest BCUT2D eigenvalue weighted by molar-refractivity contribution is 14.0. The number of nitrogens with zero attached hydrogens (tertiary/aromatic N) is 2. The summed E-state index contributed by atoms with van der Waals surface area (Å²) in [7, 11) is 2.12. The van der Waals surface area contributed by atoms with Crippen LogP contribution in [0.15, 0.2) is 23.2 Å². The summed E-state index contributed by atoms with van der Waals surface area (Å²) in [4.78, 5) is 7.33. The third-order valence-electron chi connectivity index (χ3n) is 6.22. The van der Waals surface area contributed by atoms with Crippen LogP contribution in [0.1, 0.15) is 31.7 Å². The smallest absolute Gasteiger partial charge is 0.231 e. The van der Waals surface area contributed by atoms with E-state index in [0.717, 1.165) is 82.8 Å². The van der Waals surface area contributed by atoms with Gasteiger partial charge in [-0.2, -0.15) is 0 Å². The molecular weight excluding hydrogens is 497 g/mol. The average molecular weight is 531 g/mol. The minimum absolute atomic E-state index is 0. The van der Waals surface area contributed by atoms with E-state index in [1.165, 1.54) is 5.56 Å². The molecule has 30 heavy (non-hydrogen) atoms. The Kier molecular flexibility index (Phi) is 8.47. The van der Waals surface area contributed by atoms with Crippen molar-refractivity contribution in [2.75, 3.05) is 59.9 Å². The van der Waals surface area contributed by atoms with Crippen molar-refractivity contribution < 1.29 is 18.9 Å². The third-order valence-corrected chi connectivity index (χ3v) is 6.22. The molecule has 1 unspecified atom stereocenters. The Morgan fingerprint density at radius 2 is 1.97 bits per heavy atom. The summed E-state index contributed by atoms with van der Waals surface area (Å²) in [6.45, 7) is 8.20. The van der Waals surface area contributed by atoms with Gasteiger partial charge in [0, 0.05) is 51.3 Å². The zero-order valence-corrected chi connectivity index (χ0v) is 20.4. The van der Waals surface area contributed by atoms with Crippen LogP contribution in [0.3, 0.4) is 0 Å². The van der Waals surface area contributed by atoms with Gasteiger partial charge in [0.15, 0.2) is 17.5 Å². The number of aliphatic imine (C=N–C) groups is 1. The number of hydrogen-bond donors (Lipinski definition) is 1. The highest BCUT2D eigenvalue weighted by atomic mass is 127. The van der Waals surface area contributed by atoms with Crippen LogP contribution < -0.4 is 14.8 Å². The zero-order valence-electron chi connectivity index (χ0n) is 18.0. The van der Waals surface area contributed by atoms with Crippen molar-refractivity contribution in [3.8, 4) is 11.5 Å². The van der Waals surface area contributed by atoms with E-state index in [-0.39, 0.29) is 29.4 Å². The Bertz CT molecular complexity index is 718. The van der Waals surface area contributed by atoms with Crippen LogP contribution in [-0.2, 0) is 14.9 Å². The number of halogens is 1. The van der Waals surface area contributed by atoms with Crippen LogP contribution in [0.25, 0.3) is 0 Å². The molecule has 7 nitrogen and oxygen atoms in total. The van der Waals surface area contributed by atoms with Crippen molar-refractivity contribution in [3.05, 3.63) is 23.8 Å². The second-order valence-electron chi connectivity index (χ2n) is 8.24. The van der Waals surface area contributed by atoms with Crippen molar-refractivity contribution >= 4 is 29.9 Å². The SMILES string of the molecule is CCNC(=NCC1(c2ccc3c(c2)OCO3)CCOCC1)N(C)CC1CCOC1.I. The lowest BCUT2D eigenvalue weighted by molar-refractivity contribution is 0.0529. The number of benzene rings is 1. The quantitative estimate of drug-likeness (QED) is 0.346. The molecule has 3 aliphatic heterocycles. The van der Waals surface area contributed by atoms with Gasteiger partial charge in [-0.25, -0.2) is 0 Å². The molecule has 168 valence electrons. The molecule has 0 saturated carbocycles. The number of guanidine groups is 1. The summed E-state index contributed by atoms with van der Waals surface area (Å²) >= 11 is 0. The summed E-state index contributed by atoms with van der Waals surface area (Å²) in [5.41, 5.74) is 1.22. The van der Waals surface area contributed by atoms with Crippen molar-refractivity contribution in [2.45, 2.75) is 31.6 Å². The molecule has 2 saturated heterocycles. The summed E-state index contributed by atoms with van der Waals surface area (Å²) in [5.74, 6) is 3.20. The molecule has 1 N–H and O–H groups in total. The fourth-order valence-electron chi connectivity index (χ4n) is 4.42. The van der Waals surface area contributed by atoms with Crippen LogP contribution in [0.4, 0.5) is 0 Å². The number of hydrogen-bond acceptors (Lipinski definition) is 5. The molecule has 0 aliphatic carbocycles. The molecule has 3 aliphatic rings. The average Bonchev–Trinajstić information content (AvgIpc) is 3.43.